The molecule has 0 radical (unpaired) electrons. The molecule has 1 rings (SSSR count). The molecule has 2 heteroatoms. The topological polar surface area (TPSA) is 0 Å². The fourth-order valence-corrected chi connectivity index (χ4v) is 4.58. The van der Waals surface area contributed by atoms with E-state index in [0.29, 0.717) is 0 Å². The third kappa shape index (κ3) is 2.10. The Bertz CT molecular complexity index is 229. The lowest BCUT2D eigenvalue weighted by molar-refractivity contribution is 1.32. The van der Waals surface area contributed by atoms with Crippen LogP contribution in [0.1, 0.15) is 13.8 Å². The molecule has 0 aliphatic heterocycles. The molecule has 0 spiro atoms. The first-order chi connectivity index (χ1) is 5.73. The SMILES string of the molecule is CC[Si](I)(CC)c1ccccc1. The van der Waals surface area contributed by atoms with E-state index in [4.69, 9.17) is 0 Å². The monoisotopic (exact) mass is 290 g/mol. The molecule has 0 N–H and O–H groups in total. The van der Waals surface area contributed by atoms with Crippen LogP contribution < -0.4 is 5.19 Å². The Balaban J connectivity index is 2.95. The summed E-state index contributed by atoms with van der Waals surface area (Å²) in [6.07, 6.45) is 0. The maximum absolute atomic E-state index is 2.71. The Morgan fingerprint density at radius 3 is 2.00 bits per heavy atom. The Morgan fingerprint density at radius 2 is 1.58 bits per heavy atom. The first-order valence-electron chi connectivity index (χ1n) is 4.47. The largest absolute Gasteiger partial charge is 0.155 e. The lowest BCUT2D eigenvalue weighted by atomic mass is 10.4. The molecule has 1 aromatic rings. The zero-order valence-corrected chi connectivity index (χ0v) is 10.8. The number of hydrogen-bond acceptors (Lipinski definition) is 0. The van der Waals surface area contributed by atoms with Gasteiger partial charge in [0.2, 0.25) is 0 Å². The summed E-state index contributed by atoms with van der Waals surface area (Å²) >= 11 is 2.71. The first-order valence-corrected chi connectivity index (χ1v) is 10.00. The van der Waals surface area contributed by atoms with Crippen molar-refractivity contribution in [2.75, 3.05) is 0 Å². The minimum atomic E-state index is -1.10. The fraction of sp³-hybridized carbons (Fsp3) is 0.400. The second kappa shape index (κ2) is 4.42. The van der Waals surface area contributed by atoms with Crippen molar-refractivity contribution in [3.63, 3.8) is 0 Å². The number of hydrogen-bond donors (Lipinski definition) is 0. The van der Waals surface area contributed by atoms with Crippen molar-refractivity contribution >= 4 is 32.6 Å². The highest BCUT2D eigenvalue weighted by molar-refractivity contribution is 14.1. The standard InChI is InChI=1S/C10H15ISi/c1-3-12(11,4-2)10-8-6-5-7-9-10/h5-9H,3-4H2,1-2H3. The Kier molecular flexibility index (Phi) is 3.77. The highest BCUT2D eigenvalue weighted by Crippen LogP contribution is 2.22. The molecule has 0 atom stereocenters. The van der Waals surface area contributed by atoms with E-state index < -0.39 is 5.57 Å². The van der Waals surface area contributed by atoms with Crippen LogP contribution in [0.2, 0.25) is 12.1 Å². The molecule has 0 saturated heterocycles. The summed E-state index contributed by atoms with van der Waals surface area (Å²) in [5.74, 6) is 0. The average molecular weight is 290 g/mol. The summed E-state index contributed by atoms with van der Waals surface area (Å²) in [7, 11) is 0. The minimum absolute atomic E-state index is 1.10. The maximum atomic E-state index is 2.71. The highest BCUT2D eigenvalue weighted by atomic mass is 127. The van der Waals surface area contributed by atoms with Crippen molar-refractivity contribution in [1.82, 2.24) is 0 Å². The van der Waals surface area contributed by atoms with Crippen LogP contribution in [0.4, 0.5) is 0 Å². The number of halogens is 1. The van der Waals surface area contributed by atoms with Crippen molar-refractivity contribution in [1.29, 1.82) is 0 Å². The number of rotatable bonds is 3. The van der Waals surface area contributed by atoms with Gasteiger partial charge in [-0.2, -0.15) is 0 Å². The summed E-state index contributed by atoms with van der Waals surface area (Å²) in [5.41, 5.74) is -1.10. The van der Waals surface area contributed by atoms with Crippen LogP contribution in [0.3, 0.4) is 0 Å². The molecule has 0 amide bonds. The van der Waals surface area contributed by atoms with Crippen LogP contribution in [0.25, 0.3) is 0 Å². The predicted molar refractivity (Wildman–Crippen MR) is 66.8 cm³/mol. The van der Waals surface area contributed by atoms with E-state index in [9.17, 15) is 0 Å². The van der Waals surface area contributed by atoms with Crippen molar-refractivity contribution < 1.29 is 0 Å². The number of benzene rings is 1. The molecule has 0 nitrogen and oxygen atoms in total. The zero-order chi connectivity index (χ0) is 9.03. The van der Waals surface area contributed by atoms with Crippen LogP contribution in [-0.2, 0) is 0 Å². The molecular weight excluding hydrogens is 275 g/mol. The molecule has 0 aliphatic carbocycles. The van der Waals surface area contributed by atoms with Gasteiger partial charge in [-0.15, -0.1) is 21.8 Å². The highest BCUT2D eigenvalue weighted by Gasteiger charge is 2.26. The van der Waals surface area contributed by atoms with Gasteiger partial charge in [-0.1, -0.05) is 44.2 Å². The van der Waals surface area contributed by atoms with Gasteiger partial charge in [-0.25, -0.2) is 0 Å². The average Bonchev–Trinajstić information content (AvgIpc) is 2.18. The van der Waals surface area contributed by atoms with Gasteiger partial charge in [-0.05, 0) is 17.3 Å². The van der Waals surface area contributed by atoms with Crippen molar-refractivity contribution in [3.8, 4) is 0 Å². The predicted octanol–water partition coefficient (Wildman–Crippen LogP) is 3.31. The maximum Gasteiger partial charge on any atom is 0.155 e. The van der Waals surface area contributed by atoms with Crippen LogP contribution >= 0.6 is 21.8 Å². The van der Waals surface area contributed by atoms with Crippen molar-refractivity contribution in [3.05, 3.63) is 30.3 Å². The summed E-state index contributed by atoms with van der Waals surface area (Å²) in [6.45, 7) is 4.63. The van der Waals surface area contributed by atoms with Gasteiger partial charge in [0, 0.05) is 0 Å². The van der Waals surface area contributed by atoms with Crippen LogP contribution in [0.15, 0.2) is 30.3 Å². The van der Waals surface area contributed by atoms with Gasteiger partial charge in [-0.3, -0.25) is 0 Å². The molecule has 0 heterocycles. The molecule has 0 aromatic heterocycles. The summed E-state index contributed by atoms with van der Waals surface area (Å²) < 4.78 is 0. The van der Waals surface area contributed by atoms with Gasteiger partial charge in [0.05, 0.1) is 0 Å². The normalized spacial score (nSPS) is 11.6. The molecule has 0 saturated carbocycles. The van der Waals surface area contributed by atoms with E-state index in [-0.39, 0.29) is 0 Å². The van der Waals surface area contributed by atoms with Gasteiger partial charge >= 0.3 is 0 Å². The molecule has 66 valence electrons. The van der Waals surface area contributed by atoms with Crippen molar-refractivity contribution in [2.24, 2.45) is 0 Å². The van der Waals surface area contributed by atoms with E-state index in [2.05, 4.69) is 66.0 Å². The van der Waals surface area contributed by atoms with Crippen LogP contribution in [-0.4, -0.2) is 5.57 Å². The summed E-state index contributed by atoms with van der Waals surface area (Å²) in [6, 6.07) is 13.7. The second-order valence-corrected chi connectivity index (χ2v) is 13.2. The lowest BCUT2D eigenvalue weighted by Crippen LogP contribution is -2.39. The second-order valence-electron chi connectivity index (χ2n) is 3.04. The fourth-order valence-electron chi connectivity index (χ4n) is 1.40. The first kappa shape index (κ1) is 10.2. The smallest absolute Gasteiger partial charge is 0.113 e. The van der Waals surface area contributed by atoms with Gasteiger partial charge in [0.1, 0.15) is 0 Å². The third-order valence-corrected chi connectivity index (χ3v) is 12.5. The molecule has 0 fully saturated rings. The summed E-state index contributed by atoms with van der Waals surface area (Å²) in [4.78, 5) is 0. The van der Waals surface area contributed by atoms with Crippen molar-refractivity contribution in [2.45, 2.75) is 25.9 Å². The third-order valence-electron chi connectivity index (χ3n) is 2.41. The van der Waals surface area contributed by atoms with Crippen LogP contribution in [0, 0.1) is 0 Å². The Morgan fingerprint density at radius 1 is 1.08 bits per heavy atom. The van der Waals surface area contributed by atoms with E-state index >= 15 is 0 Å². The Hall–Kier alpha value is 0.167. The molecule has 0 aliphatic rings. The summed E-state index contributed by atoms with van der Waals surface area (Å²) in [5, 5.41) is 1.59. The Labute approximate surface area is 88.6 Å². The molecule has 1 aromatic carbocycles. The van der Waals surface area contributed by atoms with Gasteiger partial charge < -0.3 is 0 Å². The minimum Gasteiger partial charge on any atom is -0.113 e. The molecule has 0 bridgehead atoms. The van der Waals surface area contributed by atoms with E-state index in [1.54, 1.807) is 5.19 Å². The quantitative estimate of drug-likeness (QED) is 0.455. The van der Waals surface area contributed by atoms with E-state index in [0.717, 1.165) is 0 Å². The lowest BCUT2D eigenvalue weighted by Gasteiger charge is -2.21. The zero-order valence-electron chi connectivity index (χ0n) is 7.68. The van der Waals surface area contributed by atoms with Gasteiger partial charge in [0.15, 0.2) is 5.57 Å². The van der Waals surface area contributed by atoms with Crippen LogP contribution in [0.5, 0.6) is 0 Å². The molecular formula is C10H15ISi. The molecule has 12 heavy (non-hydrogen) atoms. The van der Waals surface area contributed by atoms with E-state index in [1.807, 2.05) is 0 Å². The van der Waals surface area contributed by atoms with Gasteiger partial charge in [0.25, 0.3) is 0 Å². The van der Waals surface area contributed by atoms with E-state index in [1.165, 1.54) is 12.1 Å². The molecule has 0 unspecified atom stereocenters.